The van der Waals surface area contributed by atoms with Gasteiger partial charge in [0.2, 0.25) is 5.91 Å². The number of carboxylic acids is 1. The van der Waals surface area contributed by atoms with Crippen molar-refractivity contribution in [1.29, 1.82) is 0 Å². The molecule has 2 rings (SSSR count). The number of amides is 1. The lowest BCUT2D eigenvalue weighted by atomic mass is 9.98. The third-order valence-electron chi connectivity index (χ3n) is 4.01. The van der Waals surface area contributed by atoms with Gasteiger partial charge in [0.25, 0.3) is 0 Å². The zero-order valence-electron chi connectivity index (χ0n) is 12.3. The van der Waals surface area contributed by atoms with Crippen molar-refractivity contribution < 1.29 is 19.4 Å². The Balaban J connectivity index is 1.73. The highest BCUT2D eigenvalue weighted by molar-refractivity contribution is 5.89. The summed E-state index contributed by atoms with van der Waals surface area (Å²) in [5.41, 5.74) is 1.19. The second-order valence-corrected chi connectivity index (χ2v) is 5.54. The zero-order chi connectivity index (χ0) is 15.4. The van der Waals surface area contributed by atoms with E-state index in [1.54, 1.807) is 7.11 Å². The molecule has 0 aromatic heterocycles. The van der Waals surface area contributed by atoms with Crippen LogP contribution in [-0.2, 0) is 9.59 Å². The van der Waals surface area contributed by atoms with Gasteiger partial charge in [0, 0.05) is 6.54 Å². The molecule has 1 aromatic rings. The average Bonchev–Trinajstić information content (AvgIpc) is 3.28. The predicted octanol–water partition coefficient (Wildman–Crippen LogP) is 2.03. The SMILES string of the molecule is COc1ccc([C@H](C)CCNC(=O)[C@@H]2C[C@@H]2C(=O)O)cc1. The number of methoxy groups -OCH3 is 1. The Hall–Kier alpha value is -2.04. The van der Waals surface area contributed by atoms with Gasteiger partial charge in [-0.1, -0.05) is 19.1 Å². The van der Waals surface area contributed by atoms with Gasteiger partial charge in [-0.25, -0.2) is 0 Å². The molecule has 5 heteroatoms. The molecule has 0 bridgehead atoms. The number of ether oxygens (including phenoxy) is 1. The van der Waals surface area contributed by atoms with Crippen LogP contribution in [0.25, 0.3) is 0 Å². The number of nitrogens with one attached hydrogen (secondary N) is 1. The molecule has 0 spiro atoms. The minimum absolute atomic E-state index is 0.135. The second-order valence-electron chi connectivity index (χ2n) is 5.54. The third kappa shape index (κ3) is 3.97. The smallest absolute Gasteiger partial charge is 0.307 e. The number of carbonyl (C=O) groups excluding carboxylic acids is 1. The van der Waals surface area contributed by atoms with Gasteiger partial charge in [-0.2, -0.15) is 0 Å². The summed E-state index contributed by atoms with van der Waals surface area (Å²) in [4.78, 5) is 22.4. The van der Waals surface area contributed by atoms with Gasteiger partial charge in [-0.3, -0.25) is 9.59 Å². The Bertz CT molecular complexity index is 512. The summed E-state index contributed by atoms with van der Waals surface area (Å²) in [7, 11) is 1.64. The molecule has 0 saturated heterocycles. The van der Waals surface area contributed by atoms with Crippen molar-refractivity contribution in [2.24, 2.45) is 11.8 Å². The van der Waals surface area contributed by atoms with Gasteiger partial charge in [-0.05, 0) is 36.5 Å². The molecule has 1 aliphatic rings. The fourth-order valence-corrected chi connectivity index (χ4v) is 2.40. The van der Waals surface area contributed by atoms with Gasteiger partial charge >= 0.3 is 5.97 Å². The maximum atomic E-state index is 11.7. The normalized spacial score (nSPS) is 21.4. The largest absolute Gasteiger partial charge is 0.497 e. The first-order valence-electron chi connectivity index (χ1n) is 7.17. The fraction of sp³-hybridized carbons (Fsp3) is 0.500. The summed E-state index contributed by atoms with van der Waals surface area (Å²) >= 11 is 0. The first-order valence-corrected chi connectivity index (χ1v) is 7.17. The van der Waals surface area contributed by atoms with E-state index in [1.807, 2.05) is 24.3 Å². The predicted molar refractivity (Wildman–Crippen MR) is 78.3 cm³/mol. The molecular weight excluding hydrogens is 270 g/mol. The van der Waals surface area contributed by atoms with Crippen LogP contribution in [0.1, 0.15) is 31.2 Å². The number of carbonyl (C=O) groups is 2. The maximum absolute atomic E-state index is 11.7. The van der Waals surface area contributed by atoms with Crippen LogP contribution in [0, 0.1) is 11.8 Å². The van der Waals surface area contributed by atoms with Crippen LogP contribution in [0.2, 0.25) is 0 Å². The highest BCUT2D eigenvalue weighted by Crippen LogP contribution is 2.38. The zero-order valence-corrected chi connectivity index (χ0v) is 12.3. The quantitative estimate of drug-likeness (QED) is 0.806. The molecule has 3 atom stereocenters. The van der Waals surface area contributed by atoms with Crippen LogP contribution in [-0.4, -0.2) is 30.6 Å². The van der Waals surface area contributed by atoms with Crippen LogP contribution >= 0.6 is 0 Å². The first kappa shape index (κ1) is 15.4. The Labute approximate surface area is 124 Å². The lowest BCUT2D eigenvalue weighted by Gasteiger charge is -2.13. The molecule has 0 unspecified atom stereocenters. The van der Waals surface area contributed by atoms with Crippen LogP contribution < -0.4 is 10.1 Å². The maximum Gasteiger partial charge on any atom is 0.307 e. The number of carboxylic acid groups (broad SMARTS) is 1. The number of hydrogen-bond donors (Lipinski definition) is 2. The van der Waals surface area contributed by atoms with Gasteiger partial charge in [0.1, 0.15) is 5.75 Å². The Morgan fingerprint density at radius 1 is 1.33 bits per heavy atom. The number of aliphatic carboxylic acids is 1. The summed E-state index contributed by atoms with van der Waals surface area (Å²) in [6, 6.07) is 7.89. The lowest BCUT2D eigenvalue weighted by molar-refractivity contribution is -0.140. The Kier molecular flexibility index (Phi) is 4.83. The topological polar surface area (TPSA) is 75.6 Å². The molecule has 1 fully saturated rings. The van der Waals surface area contributed by atoms with Crippen molar-refractivity contribution in [2.45, 2.75) is 25.7 Å². The third-order valence-corrected chi connectivity index (χ3v) is 4.01. The van der Waals surface area contributed by atoms with E-state index < -0.39 is 11.9 Å². The monoisotopic (exact) mass is 291 g/mol. The lowest BCUT2D eigenvalue weighted by Crippen LogP contribution is -2.28. The fourth-order valence-electron chi connectivity index (χ4n) is 2.40. The average molecular weight is 291 g/mol. The Morgan fingerprint density at radius 2 is 2.00 bits per heavy atom. The first-order chi connectivity index (χ1) is 10.0. The summed E-state index contributed by atoms with van der Waals surface area (Å²) in [5, 5.41) is 11.6. The Morgan fingerprint density at radius 3 is 2.52 bits per heavy atom. The molecular formula is C16H21NO4. The molecule has 0 aliphatic heterocycles. The molecule has 5 nitrogen and oxygen atoms in total. The van der Waals surface area contributed by atoms with Gasteiger partial charge in [0.05, 0.1) is 18.9 Å². The molecule has 2 N–H and O–H groups in total. The standard InChI is InChI=1S/C16H21NO4/c1-10(11-3-5-12(21-2)6-4-11)7-8-17-15(18)13-9-14(13)16(19)20/h3-6,10,13-14H,7-9H2,1-2H3,(H,17,18)(H,19,20)/t10-,13-,14+/m1/s1. The summed E-state index contributed by atoms with van der Waals surface area (Å²) < 4.78 is 5.12. The minimum atomic E-state index is -0.873. The molecule has 1 aromatic carbocycles. The summed E-state index contributed by atoms with van der Waals surface area (Å²) in [6.45, 7) is 2.67. The van der Waals surface area contributed by atoms with E-state index in [2.05, 4.69) is 12.2 Å². The van der Waals surface area contributed by atoms with E-state index >= 15 is 0 Å². The van der Waals surface area contributed by atoms with Crippen LogP contribution in [0.3, 0.4) is 0 Å². The van der Waals surface area contributed by atoms with E-state index in [0.29, 0.717) is 18.9 Å². The van der Waals surface area contributed by atoms with Gasteiger partial charge in [0.15, 0.2) is 0 Å². The van der Waals surface area contributed by atoms with Crippen molar-refractivity contribution >= 4 is 11.9 Å². The number of rotatable bonds is 7. The van der Waals surface area contributed by atoms with Crippen molar-refractivity contribution in [2.75, 3.05) is 13.7 Å². The molecule has 1 saturated carbocycles. The molecule has 114 valence electrons. The van der Waals surface area contributed by atoms with Crippen molar-refractivity contribution in [3.8, 4) is 5.75 Å². The van der Waals surface area contributed by atoms with E-state index in [4.69, 9.17) is 9.84 Å². The highest BCUT2D eigenvalue weighted by atomic mass is 16.5. The molecule has 0 heterocycles. The van der Waals surface area contributed by atoms with E-state index in [9.17, 15) is 9.59 Å². The summed E-state index contributed by atoms with van der Waals surface area (Å²) in [5.74, 6) is -0.674. The number of hydrogen-bond acceptors (Lipinski definition) is 3. The van der Waals surface area contributed by atoms with E-state index in [-0.39, 0.29) is 11.8 Å². The number of benzene rings is 1. The van der Waals surface area contributed by atoms with Crippen LogP contribution in [0.15, 0.2) is 24.3 Å². The van der Waals surface area contributed by atoms with Gasteiger partial charge < -0.3 is 15.2 Å². The van der Waals surface area contributed by atoms with Crippen LogP contribution in [0.5, 0.6) is 5.75 Å². The van der Waals surface area contributed by atoms with Crippen molar-refractivity contribution in [3.63, 3.8) is 0 Å². The molecule has 1 aliphatic carbocycles. The molecule has 1 amide bonds. The minimum Gasteiger partial charge on any atom is -0.497 e. The van der Waals surface area contributed by atoms with E-state index in [0.717, 1.165) is 12.2 Å². The van der Waals surface area contributed by atoms with Crippen molar-refractivity contribution in [1.82, 2.24) is 5.32 Å². The highest BCUT2D eigenvalue weighted by Gasteiger charge is 2.48. The van der Waals surface area contributed by atoms with E-state index in [1.165, 1.54) is 5.56 Å². The van der Waals surface area contributed by atoms with Crippen LogP contribution in [0.4, 0.5) is 0 Å². The van der Waals surface area contributed by atoms with Gasteiger partial charge in [-0.15, -0.1) is 0 Å². The second kappa shape index (κ2) is 6.61. The molecule has 0 radical (unpaired) electrons. The summed E-state index contributed by atoms with van der Waals surface area (Å²) in [6.07, 6.45) is 1.29. The van der Waals surface area contributed by atoms with Crippen molar-refractivity contribution in [3.05, 3.63) is 29.8 Å². The molecule has 21 heavy (non-hydrogen) atoms.